The number of amides is 1. The van der Waals surface area contributed by atoms with Crippen LogP contribution in [0.2, 0.25) is 10.2 Å². The summed E-state index contributed by atoms with van der Waals surface area (Å²) in [6, 6.07) is 0.439. The molecule has 1 aliphatic heterocycles. The van der Waals surface area contributed by atoms with Gasteiger partial charge in [-0.05, 0) is 6.07 Å². The van der Waals surface area contributed by atoms with Crippen molar-refractivity contribution in [2.45, 2.75) is 6.04 Å². The first-order chi connectivity index (χ1) is 8.93. The minimum Gasteiger partial charge on any atom is -0.480 e. The number of halogens is 2. The van der Waals surface area contributed by atoms with Gasteiger partial charge in [-0.25, -0.2) is 4.79 Å². The number of hydrogen-bond acceptors (Lipinski definition) is 3. The summed E-state index contributed by atoms with van der Waals surface area (Å²) in [7, 11) is 1.59. The zero-order chi connectivity index (χ0) is 14.2. The molecule has 0 aromatic carbocycles. The normalized spacial score (nSPS) is 19.5. The summed E-state index contributed by atoms with van der Waals surface area (Å²) in [4.78, 5) is 24.8. The number of carbonyl (C=O) groups excluding carboxylic acids is 1. The minimum absolute atomic E-state index is 0.0209. The van der Waals surface area contributed by atoms with Gasteiger partial charge in [-0.2, -0.15) is 0 Å². The Morgan fingerprint density at radius 1 is 1.47 bits per heavy atom. The van der Waals surface area contributed by atoms with Crippen LogP contribution in [-0.4, -0.2) is 52.3 Å². The third-order valence-electron chi connectivity index (χ3n) is 3.01. The number of nitrogens with zero attached hydrogens (tertiary/aromatic N) is 2. The van der Waals surface area contributed by atoms with Crippen LogP contribution in [0, 0.1) is 0 Å². The highest BCUT2D eigenvalue weighted by atomic mass is 35.5. The number of aromatic nitrogens is 1. The van der Waals surface area contributed by atoms with Crippen molar-refractivity contribution in [2.75, 3.05) is 19.8 Å². The van der Waals surface area contributed by atoms with Crippen LogP contribution >= 0.6 is 23.2 Å². The third-order valence-corrected chi connectivity index (χ3v) is 3.85. The number of rotatable bonds is 2. The quantitative estimate of drug-likeness (QED) is 0.893. The average molecular weight is 307 g/mol. The molecule has 1 aromatic rings. The van der Waals surface area contributed by atoms with Crippen LogP contribution in [-0.2, 0) is 16.6 Å². The van der Waals surface area contributed by atoms with Gasteiger partial charge in [0.1, 0.15) is 10.8 Å². The fourth-order valence-electron chi connectivity index (χ4n) is 1.95. The fraction of sp³-hybridized carbons (Fsp3) is 0.455. The van der Waals surface area contributed by atoms with Gasteiger partial charge >= 0.3 is 5.97 Å². The molecule has 1 unspecified atom stereocenters. The maximum absolute atomic E-state index is 12.4. The van der Waals surface area contributed by atoms with Gasteiger partial charge < -0.3 is 19.3 Å². The second-order valence-electron chi connectivity index (χ2n) is 4.15. The second-order valence-corrected chi connectivity index (χ2v) is 4.92. The number of carbonyl (C=O) groups is 2. The van der Waals surface area contributed by atoms with Gasteiger partial charge in [0, 0.05) is 13.6 Å². The monoisotopic (exact) mass is 306 g/mol. The van der Waals surface area contributed by atoms with Crippen LogP contribution in [0.25, 0.3) is 0 Å². The van der Waals surface area contributed by atoms with Gasteiger partial charge in [-0.1, -0.05) is 23.2 Å². The van der Waals surface area contributed by atoms with Crippen LogP contribution in [0.3, 0.4) is 0 Å². The Hall–Kier alpha value is -1.24. The molecule has 1 saturated heterocycles. The zero-order valence-electron chi connectivity index (χ0n) is 10.1. The van der Waals surface area contributed by atoms with E-state index in [4.69, 9.17) is 33.0 Å². The van der Waals surface area contributed by atoms with Gasteiger partial charge in [0.25, 0.3) is 5.91 Å². The van der Waals surface area contributed by atoms with Crippen molar-refractivity contribution >= 4 is 35.1 Å². The van der Waals surface area contributed by atoms with E-state index in [0.717, 1.165) is 0 Å². The van der Waals surface area contributed by atoms with E-state index in [9.17, 15) is 9.59 Å². The highest BCUT2D eigenvalue weighted by Crippen LogP contribution is 2.26. The molecule has 0 spiro atoms. The molecule has 6 nitrogen and oxygen atoms in total. The lowest BCUT2D eigenvalue weighted by molar-refractivity contribution is -0.147. The van der Waals surface area contributed by atoms with Crippen molar-refractivity contribution in [3.05, 3.63) is 21.9 Å². The maximum Gasteiger partial charge on any atom is 0.328 e. The van der Waals surface area contributed by atoms with Crippen LogP contribution in [0.1, 0.15) is 10.5 Å². The van der Waals surface area contributed by atoms with Crippen LogP contribution in [0.5, 0.6) is 0 Å². The summed E-state index contributed by atoms with van der Waals surface area (Å²) in [6.45, 7) is 0.505. The smallest absolute Gasteiger partial charge is 0.328 e. The Kier molecular flexibility index (Phi) is 4.03. The summed E-state index contributed by atoms with van der Waals surface area (Å²) in [5.41, 5.74) is 0.253. The Morgan fingerprint density at radius 3 is 2.68 bits per heavy atom. The number of morpholine rings is 1. The molecular weight excluding hydrogens is 295 g/mol. The molecule has 0 bridgehead atoms. The topological polar surface area (TPSA) is 71.8 Å². The molecule has 104 valence electrons. The Bertz CT molecular complexity index is 529. The standard InChI is InChI=1S/C11H12Cl2N2O4/c1-14-7(4-6(12)9(14)13)10(16)15-2-3-19-5-8(15)11(17)18/h4,8H,2-3,5H2,1H3,(H,17,18). The van der Waals surface area contributed by atoms with Crippen molar-refractivity contribution in [3.63, 3.8) is 0 Å². The average Bonchev–Trinajstić information content (AvgIpc) is 2.65. The summed E-state index contributed by atoms with van der Waals surface area (Å²) in [5.74, 6) is -1.52. The van der Waals surface area contributed by atoms with Gasteiger partial charge in [0.05, 0.1) is 18.2 Å². The first-order valence-electron chi connectivity index (χ1n) is 5.55. The molecule has 1 atom stereocenters. The lowest BCUT2D eigenvalue weighted by atomic mass is 10.2. The predicted molar refractivity (Wildman–Crippen MR) is 68.7 cm³/mol. The van der Waals surface area contributed by atoms with E-state index in [1.54, 1.807) is 7.05 Å². The van der Waals surface area contributed by atoms with E-state index in [2.05, 4.69) is 0 Å². The van der Waals surface area contributed by atoms with Crippen LogP contribution in [0.15, 0.2) is 6.07 Å². The van der Waals surface area contributed by atoms with Gasteiger partial charge in [-0.15, -0.1) is 0 Å². The molecule has 1 fully saturated rings. The molecule has 0 saturated carbocycles. The van der Waals surface area contributed by atoms with Gasteiger partial charge in [-0.3, -0.25) is 4.79 Å². The predicted octanol–water partition coefficient (Wildman–Crippen LogP) is 1.26. The molecular formula is C11H12Cl2N2O4. The van der Waals surface area contributed by atoms with E-state index in [0.29, 0.717) is 6.61 Å². The molecule has 2 heterocycles. The molecule has 1 N–H and O–H groups in total. The minimum atomic E-state index is -1.10. The molecule has 0 radical (unpaired) electrons. The SMILES string of the molecule is Cn1c(C(=O)N2CCOCC2C(=O)O)cc(Cl)c1Cl. The molecule has 8 heteroatoms. The molecule has 1 aliphatic rings. The van der Waals surface area contributed by atoms with Gasteiger partial charge in [0.2, 0.25) is 0 Å². The van der Waals surface area contributed by atoms with E-state index in [-0.39, 0.29) is 29.0 Å². The van der Waals surface area contributed by atoms with Gasteiger partial charge in [0.15, 0.2) is 6.04 Å². The molecule has 2 rings (SSSR count). The van der Waals surface area contributed by atoms with E-state index in [1.165, 1.54) is 15.5 Å². The van der Waals surface area contributed by atoms with E-state index < -0.39 is 17.9 Å². The Morgan fingerprint density at radius 2 is 2.16 bits per heavy atom. The number of ether oxygens (including phenoxy) is 1. The molecule has 19 heavy (non-hydrogen) atoms. The first-order valence-corrected chi connectivity index (χ1v) is 6.31. The van der Waals surface area contributed by atoms with Crippen molar-refractivity contribution in [1.82, 2.24) is 9.47 Å². The molecule has 1 amide bonds. The number of carboxylic acid groups (broad SMARTS) is 1. The first kappa shape index (κ1) is 14.2. The lowest BCUT2D eigenvalue weighted by Gasteiger charge is -2.32. The zero-order valence-corrected chi connectivity index (χ0v) is 11.6. The summed E-state index contributed by atoms with van der Waals surface area (Å²) < 4.78 is 6.52. The Labute approximate surface area is 119 Å². The largest absolute Gasteiger partial charge is 0.480 e. The van der Waals surface area contributed by atoms with E-state index in [1.807, 2.05) is 0 Å². The Balaban J connectivity index is 2.31. The van der Waals surface area contributed by atoms with Crippen molar-refractivity contribution in [3.8, 4) is 0 Å². The lowest BCUT2D eigenvalue weighted by Crippen LogP contribution is -2.52. The van der Waals surface area contributed by atoms with Crippen molar-refractivity contribution < 1.29 is 19.4 Å². The highest BCUT2D eigenvalue weighted by molar-refractivity contribution is 6.41. The second kappa shape index (κ2) is 5.40. The van der Waals surface area contributed by atoms with Crippen LogP contribution < -0.4 is 0 Å². The summed E-state index contributed by atoms with van der Waals surface area (Å²) >= 11 is 11.8. The van der Waals surface area contributed by atoms with E-state index >= 15 is 0 Å². The maximum atomic E-state index is 12.4. The summed E-state index contributed by atoms with van der Waals surface area (Å²) in [6.07, 6.45) is 0. The number of carboxylic acids is 1. The molecule has 1 aromatic heterocycles. The van der Waals surface area contributed by atoms with Crippen LogP contribution in [0.4, 0.5) is 0 Å². The number of aliphatic carboxylic acids is 1. The fourth-order valence-corrected chi connectivity index (χ4v) is 2.32. The van der Waals surface area contributed by atoms with Crippen molar-refractivity contribution in [1.29, 1.82) is 0 Å². The molecule has 0 aliphatic carbocycles. The van der Waals surface area contributed by atoms with Crippen molar-refractivity contribution in [2.24, 2.45) is 7.05 Å². The summed E-state index contributed by atoms with van der Waals surface area (Å²) in [5, 5.41) is 9.60. The third kappa shape index (κ3) is 2.56. The highest BCUT2D eigenvalue weighted by Gasteiger charge is 2.34. The number of hydrogen-bond donors (Lipinski definition) is 1.